The largest absolute Gasteiger partial charge is 0.282 e. The Balaban J connectivity index is 1.93. The standard InChI is InChI=1S/C12H14N4S/c1-17-12-13-5-4-10(15-12)9-7-14-16-11(9)6-8-2-3-8/h4-5,7-8H,2-3,6H2,1H3,(H,14,16). The van der Waals surface area contributed by atoms with Gasteiger partial charge in [0.2, 0.25) is 0 Å². The summed E-state index contributed by atoms with van der Waals surface area (Å²) in [6.07, 6.45) is 9.44. The van der Waals surface area contributed by atoms with E-state index in [1.165, 1.54) is 18.5 Å². The average molecular weight is 246 g/mol. The van der Waals surface area contributed by atoms with Crippen LogP contribution in [0.25, 0.3) is 11.3 Å². The van der Waals surface area contributed by atoms with Gasteiger partial charge in [0.1, 0.15) is 0 Å². The first-order valence-corrected chi connectivity index (χ1v) is 6.99. The van der Waals surface area contributed by atoms with Crippen molar-refractivity contribution in [2.45, 2.75) is 24.4 Å². The van der Waals surface area contributed by atoms with E-state index in [-0.39, 0.29) is 0 Å². The molecule has 0 aliphatic heterocycles. The number of H-pyrrole nitrogens is 1. The molecule has 2 aromatic heterocycles. The number of hydrogen-bond donors (Lipinski definition) is 1. The Hall–Kier alpha value is -1.36. The molecule has 2 aromatic rings. The third-order valence-electron chi connectivity index (χ3n) is 3.00. The zero-order valence-corrected chi connectivity index (χ0v) is 10.5. The number of hydrogen-bond acceptors (Lipinski definition) is 4. The lowest BCUT2D eigenvalue weighted by atomic mass is 10.1. The van der Waals surface area contributed by atoms with Crippen molar-refractivity contribution in [3.63, 3.8) is 0 Å². The van der Waals surface area contributed by atoms with Crippen molar-refractivity contribution in [3.05, 3.63) is 24.2 Å². The number of nitrogens with one attached hydrogen (secondary N) is 1. The van der Waals surface area contributed by atoms with E-state index in [0.717, 1.165) is 28.8 Å². The molecule has 1 saturated carbocycles. The molecule has 2 heterocycles. The topological polar surface area (TPSA) is 54.5 Å². The molecule has 1 aliphatic carbocycles. The van der Waals surface area contributed by atoms with Gasteiger partial charge >= 0.3 is 0 Å². The van der Waals surface area contributed by atoms with Gasteiger partial charge in [0.15, 0.2) is 5.16 Å². The number of thioether (sulfide) groups is 1. The molecule has 17 heavy (non-hydrogen) atoms. The Kier molecular flexibility index (Phi) is 2.84. The van der Waals surface area contributed by atoms with Crippen LogP contribution in [0.2, 0.25) is 0 Å². The SMILES string of the molecule is CSc1nccc(-c2cn[nH]c2CC2CC2)n1. The second-order valence-corrected chi connectivity index (χ2v) is 5.11. The number of aromatic nitrogens is 4. The molecule has 0 unspecified atom stereocenters. The summed E-state index contributed by atoms with van der Waals surface area (Å²) in [5.41, 5.74) is 3.29. The molecule has 0 spiro atoms. The van der Waals surface area contributed by atoms with Crippen molar-refractivity contribution in [2.75, 3.05) is 6.26 Å². The molecule has 88 valence electrons. The molecular formula is C12H14N4S. The molecule has 0 bridgehead atoms. The molecule has 4 nitrogen and oxygen atoms in total. The summed E-state index contributed by atoms with van der Waals surface area (Å²) in [5.74, 6) is 0.844. The maximum absolute atomic E-state index is 4.51. The molecule has 5 heteroatoms. The Morgan fingerprint density at radius 1 is 1.47 bits per heavy atom. The first kappa shape index (κ1) is 10.8. The van der Waals surface area contributed by atoms with Crippen molar-refractivity contribution in [2.24, 2.45) is 5.92 Å². The van der Waals surface area contributed by atoms with E-state index >= 15 is 0 Å². The van der Waals surface area contributed by atoms with Crippen LogP contribution in [0.4, 0.5) is 0 Å². The number of nitrogens with zero attached hydrogens (tertiary/aromatic N) is 3. The maximum Gasteiger partial charge on any atom is 0.187 e. The van der Waals surface area contributed by atoms with Crippen LogP contribution in [0.15, 0.2) is 23.6 Å². The fourth-order valence-electron chi connectivity index (χ4n) is 1.89. The number of rotatable bonds is 4. The van der Waals surface area contributed by atoms with E-state index in [1.54, 1.807) is 11.8 Å². The van der Waals surface area contributed by atoms with E-state index < -0.39 is 0 Å². The van der Waals surface area contributed by atoms with Gasteiger partial charge in [-0.3, -0.25) is 5.10 Å². The highest BCUT2D eigenvalue weighted by Gasteiger charge is 2.24. The van der Waals surface area contributed by atoms with Crippen LogP contribution < -0.4 is 0 Å². The summed E-state index contributed by atoms with van der Waals surface area (Å²) in [4.78, 5) is 8.71. The Labute approximate surface area is 104 Å². The van der Waals surface area contributed by atoms with Gasteiger partial charge in [0.05, 0.1) is 11.9 Å². The Morgan fingerprint density at radius 2 is 2.35 bits per heavy atom. The van der Waals surface area contributed by atoms with Crippen molar-refractivity contribution in [3.8, 4) is 11.3 Å². The molecule has 0 radical (unpaired) electrons. The average Bonchev–Trinajstić information content (AvgIpc) is 3.06. The predicted molar refractivity (Wildman–Crippen MR) is 67.8 cm³/mol. The van der Waals surface area contributed by atoms with Gasteiger partial charge < -0.3 is 0 Å². The second-order valence-electron chi connectivity index (χ2n) is 4.34. The molecule has 1 N–H and O–H groups in total. The summed E-state index contributed by atoms with van der Waals surface area (Å²) in [6.45, 7) is 0. The van der Waals surface area contributed by atoms with E-state index in [9.17, 15) is 0 Å². The van der Waals surface area contributed by atoms with E-state index in [4.69, 9.17) is 0 Å². The minimum atomic E-state index is 0.807. The normalized spacial score (nSPS) is 15.1. The van der Waals surface area contributed by atoms with Crippen LogP contribution in [-0.2, 0) is 6.42 Å². The first-order chi connectivity index (χ1) is 8.36. The van der Waals surface area contributed by atoms with Crippen LogP contribution in [-0.4, -0.2) is 26.4 Å². The van der Waals surface area contributed by atoms with Crippen molar-refractivity contribution in [1.82, 2.24) is 20.2 Å². The zero-order chi connectivity index (χ0) is 11.7. The minimum Gasteiger partial charge on any atom is -0.282 e. The molecule has 0 aromatic carbocycles. The van der Waals surface area contributed by atoms with Gasteiger partial charge in [0, 0.05) is 17.5 Å². The van der Waals surface area contributed by atoms with Gasteiger partial charge in [-0.2, -0.15) is 5.10 Å². The maximum atomic E-state index is 4.51. The monoisotopic (exact) mass is 246 g/mol. The molecule has 1 fully saturated rings. The van der Waals surface area contributed by atoms with Crippen LogP contribution in [0.1, 0.15) is 18.5 Å². The molecule has 0 saturated heterocycles. The van der Waals surface area contributed by atoms with E-state index in [0.29, 0.717) is 0 Å². The Bertz CT molecular complexity index is 519. The third kappa shape index (κ3) is 2.34. The van der Waals surface area contributed by atoms with Crippen molar-refractivity contribution < 1.29 is 0 Å². The number of aromatic amines is 1. The molecular weight excluding hydrogens is 232 g/mol. The fourth-order valence-corrected chi connectivity index (χ4v) is 2.24. The predicted octanol–water partition coefficient (Wildman–Crippen LogP) is 2.54. The van der Waals surface area contributed by atoms with Gasteiger partial charge in [0.25, 0.3) is 0 Å². The summed E-state index contributed by atoms with van der Waals surface area (Å²) in [6, 6.07) is 1.95. The summed E-state index contributed by atoms with van der Waals surface area (Å²) in [5, 5.41) is 8.05. The van der Waals surface area contributed by atoms with E-state index in [2.05, 4.69) is 20.2 Å². The summed E-state index contributed by atoms with van der Waals surface area (Å²) < 4.78 is 0. The zero-order valence-electron chi connectivity index (χ0n) is 9.68. The van der Waals surface area contributed by atoms with Crippen molar-refractivity contribution in [1.29, 1.82) is 0 Å². The van der Waals surface area contributed by atoms with Gasteiger partial charge in [-0.15, -0.1) is 0 Å². The fraction of sp³-hybridized carbons (Fsp3) is 0.417. The second kappa shape index (κ2) is 4.49. The van der Waals surface area contributed by atoms with Crippen LogP contribution >= 0.6 is 11.8 Å². The van der Waals surface area contributed by atoms with Crippen LogP contribution in [0.3, 0.4) is 0 Å². The highest BCUT2D eigenvalue weighted by Crippen LogP contribution is 2.34. The lowest BCUT2D eigenvalue weighted by Gasteiger charge is -2.02. The summed E-state index contributed by atoms with van der Waals surface area (Å²) in [7, 11) is 0. The first-order valence-electron chi connectivity index (χ1n) is 5.76. The Morgan fingerprint density at radius 3 is 3.12 bits per heavy atom. The summed E-state index contributed by atoms with van der Waals surface area (Å²) >= 11 is 1.56. The van der Waals surface area contributed by atoms with Gasteiger partial charge in [-0.1, -0.05) is 11.8 Å². The minimum absolute atomic E-state index is 0.807. The quantitative estimate of drug-likeness (QED) is 0.665. The lowest BCUT2D eigenvalue weighted by Crippen LogP contribution is -1.94. The lowest BCUT2D eigenvalue weighted by molar-refractivity contribution is 0.796. The van der Waals surface area contributed by atoms with Crippen LogP contribution in [0.5, 0.6) is 0 Å². The van der Waals surface area contributed by atoms with Crippen molar-refractivity contribution >= 4 is 11.8 Å². The van der Waals surface area contributed by atoms with Gasteiger partial charge in [-0.05, 0) is 37.5 Å². The molecule has 0 atom stereocenters. The van der Waals surface area contributed by atoms with Gasteiger partial charge in [-0.25, -0.2) is 9.97 Å². The van der Waals surface area contributed by atoms with E-state index in [1.807, 2.05) is 24.7 Å². The smallest absolute Gasteiger partial charge is 0.187 e. The molecule has 1 aliphatic rings. The van der Waals surface area contributed by atoms with Crippen LogP contribution in [0, 0.1) is 5.92 Å². The highest BCUT2D eigenvalue weighted by molar-refractivity contribution is 7.98. The highest BCUT2D eigenvalue weighted by atomic mass is 32.2. The molecule has 3 rings (SSSR count). The third-order valence-corrected chi connectivity index (χ3v) is 3.56. The molecule has 0 amide bonds.